The Bertz CT molecular complexity index is 1950. The Morgan fingerprint density at radius 2 is 1.17 bits per heavy atom. The Morgan fingerprint density at radius 1 is 0.673 bits per heavy atom. The van der Waals surface area contributed by atoms with Crippen LogP contribution in [0.5, 0.6) is 0 Å². The fraction of sp³-hybridized carbons (Fsp3) is 0.375. The van der Waals surface area contributed by atoms with Crippen molar-refractivity contribution in [3.8, 4) is 22.3 Å². The van der Waals surface area contributed by atoms with Gasteiger partial charge in [0.1, 0.15) is 0 Å². The molecule has 0 fully saturated rings. The molecule has 0 nitrogen and oxygen atoms in total. The van der Waals surface area contributed by atoms with Crippen LogP contribution in [0.3, 0.4) is 0 Å². The standard InChI is InChI=1S/C25H31.C21H23.C2H6Si.2ClH.Zr/c1-6-7-9-18(2)21-16-20-10-8-11-23(24(20)17-21)19-12-14-22(15-13-19)25(3,4)5;1-14-10-17-11-15(2)13-20(17)19(12-14)16-6-8-18(9-7-16)21(3,4)5;1-3-2;;;/h8,10-18H,6-7,9H2,1-5H3;6-13H,1-5H3;1-2H3;2*1H;/q2*-1;;;;+4/p-2. The van der Waals surface area contributed by atoms with Crippen LogP contribution in [0.1, 0.15) is 108 Å². The summed E-state index contributed by atoms with van der Waals surface area (Å²) in [6, 6.07) is 38.8. The zero-order chi connectivity index (χ0) is 38.6. The molecule has 0 amide bonds. The maximum atomic E-state index is 4.93. The van der Waals surface area contributed by atoms with Gasteiger partial charge < -0.3 is 0 Å². The van der Waals surface area contributed by atoms with Gasteiger partial charge in [-0.3, -0.25) is 0 Å². The van der Waals surface area contributed by atoms with E-state index in [4.69, 9.17) is 17.0 Å². The van der Waals surface area contributed by atoms with Crippen molar-refractivity contribution in [1.29, 1.82) is 0 Å². The molecule has 52 heavy (non-hydrogen) atoms. The molecular weight excluding hydrogens is 767 g/mol. The Kier molecular flexibility index (Phi) is 17.4. The first-order valence-corrected chi connectivity index (χ1v) is 27.0. The SMILES string of the molecule is CCCCC(C)c1cc2c(-c3ccc(C(C)(C)C)cc3)cccc2[cH-]1.C[Si]C.Cc1cc(-c2ccc(C(C)(C)C)cc2)c2cc(C)[cH-]c2c1.[Cl][Zr+2][Cl]. The fourth-order valence-corrected chi connectivity index (χ4v) is 6.63. The molecule has 274 valence electrons. The van der Waals surface area contributed by atoms with Crippen molar-refractivity contribution in [3.63, 3.8) is 0 Å². The van der Waals surface area contributed by atoms with Crippen molar-refractivity contribution >= 4 is 48.1 Å². The number of unbranched alkanes of at least 4 members (excludes halogenated alkanes) is 1. The molecule has 6 aromatic carbocycles. The predicted molar refractivity (Wildman–Crippen MR) is 234 cm³/mol. The third-order valence-electron chi connectivity index (χ3n) is 9.57. The second-order valence-electron chi connectivity index (χ2n) is 16.2. The van der Waals surface area contributed by atoms with E-state index in [1.807, 2.05) is 0 Å². The topological polar surface area (TPSA) is 0 Å². The van der Waals surface area contributed by atoms with E-state index in [2.05, 4.69) is 185 Å². The molecule has 6 rings (SSSR count). The van der Waals surface area contributed by atoms with Gasteiger partial charge in [0.2, 0.25) is 0 Å². The zero-order valence-electron chi connectivity index (χ0n) is 33.8. The molecule has 1 atom stereocenters. The number of rotatable bonds is 6. The summed E-state index contributed by atoms with van der Waals surface area (Å²) in [6.07, 6.45) is 3.86. The minimum atomic E-state index is -0.826. The predicted octanol–water partition coefficient (Wildman–Crippen LogP) is 16.1. The fourth-order valence-electron chi connectivity index (χ4n) is 6.63. The molecule has 0 bridgehead atoms. The molecule has 0 aliphatic heterocycles. The van der Waals surface area contributed by atoms with E-state index in [1.54, 1.807) is 0 Å². The minimum absolute atomic E-state index is 0.201. The molecule has 4 heteroatoms. The molecule has 0 spiro atoms. The van der Waals surface area contributed by atoms with Gasteiger partial charge in [0.15, 0.2) is 0 Å². The maximum absolute atomic E-state index is 4.93. The van der Waals surface area contributed by atoms with Gasteiger partial charge in [-0.05, 0) is 52.3 Å². The average Bonchev–Trinajstić information content (AvgIpc) is 3.70. The molecule has 0 aromatic heterocycles. The second-order valence-corrected chi connectivity index (χ2v) is 20.9. The van der Waals surface area contributed by atoms with Crippen LogP contribution in [0, 0.1) is 13.8 Å². The van der Waals surface area contributed by atoms with E-state index in [0.717, 1.165) is 9.52 Å². The molecule has 0 saturated heterocycles. The Hall–Kier alpha value is -2.22. The van der Waals surface area contributed by atoms with Crippen molar-refractivity contribution in [1.82, 2.24) is 0 Å². The molecule has 1 unspecified atom stereocenters. The summed E-state index contributed by atoms with van der Waals surface area (Å²) < 4.78 is 0. The van der Waals surface area contributed by atoms with E-state index in [0.29, 0.717) is 5.92 Å². The molecule has 0 aliphatic rings. The normalized spacial score (nSPS) is 11.8. The van der Waals surface area contributed by atoms with Gasteiger partial charge in [-0.25, -0.2) is 0 Å². The van der Waals surface area contributed by atoms with Crippen molar-refractivity contribution in [2.75, 3.05) is 0 Å². The quantitative estimate of drug-likeness (QED) is 0.116. The molecule has 0 aliphatic carbocycles. The molecule has 0 N–H and O–H groups in total. The summed E-state index contributed by atoms with van der Waals surface area (Å²) in [4.78, 5) is 0. The monoisotopic (exact) mass is 824 g/mol. The summed E-state index contributed by atoms with van der Waals surface area (Å²) in [5.41, 5.74) is 12.6. The number of hydrogen-bond acceptors (Lipinski definition) is 0. The van der Waals surface area contributed by atoms with Crippen molar-refractivity contribution < 1.29 is 20.8 Å². The average molecular weight is 827 g/mol. The number of fused-ring (bicyclic) bond motifs is 2. The van der Waals surface area contributed by atoms with Crippen LogP contribution in [0.2, 0.25) is 13.1 Å². The van der Waals surface area contributed by atoms with Crippen molar-refractivity contribution in [2.24, 2.45) is 0 Å². The number of halogens is 2. The number of hydrogen-bond donors (Lipinski definition) is 0. The molecule has 0 heterocycles. The van der Waals surface area contributed by atoms with E-state index >= 15 is 0 Å². The van der Waals surface area contributed by atoms with Crippen LogP contribution in [0.15, 0.2) is 103 Å². The summed E-state index contributed by atoms with van der Waals surface area (Å²) >= 11 is -0.826. The number of benzene rings is 4. The zero-order valence-corrected chi connectivity index (χ0v) is 38.7. The first kappa shape index (κ1) is 44.2. The third kappa shape index (κ3) is 12.4. The first-order valence-electron chi connectivity index (χ1n) is 18.7. The van der Waals surface area contributed by atoms with Crippen LogP contribution in [0.4, 0.5) is 0 Å². The van der Waals surface area contributed by atoms with Crippen LogP contribution in [-0.4, -0.2) is 9.52 Å². The van der Waals surface area contributed by atoms with E-state index < -0.39 is 20.8 Å². The molecule has 2 radical (unpaired) electrons. The molecule has 6 aromatic rings. The van der Waals surface area contributed by atoms with Crippen molar-refractivity contribution in [2.45, 2.75) is 118 Å². The summed E-state index contributed by atoms with van der Waals surface area (Å²) in [5.74, 6) is 0.642. The van der Waals surface area contributed by atoms with Crippen LogP contribution in [0.25, 0.3) is 43.8 Å². The van der Waals surface area contributed by atoms with E-state index in [-0.39, 0.29) is 10.8 Å². The van der Waals surface area contributed by atoms with Gasteiger partial charge in [-0.2, -0.15) is 12.1 Å². The van der Waals surface area contributed by atoms with Gasteiger partial charge in [-0.15, -0.1) is 63.0 Å². The van der Waals surface area contributed by atoms with E-state index in [1.165, 1.54) is 90.9 Å². The van der Waals surface area contributed by atoms with Gasteiger partial charge >= 0.3 is 37.9 Å². The van der Waals surface area contributed by atoms with Crippen LogP contribution >= 0.6 is 17.0 Å². The van der Waals surface area contributed by atoms with Gasteiger partial charge in [0.05, 0.1) is 0 Å². The summed E-state index contributed by atoms with van der Waals surface area (Å²) in [5, 5.41) is 5.48. The third-order valence-corrected chi connectivity index (χ3v) is 9.57. The Morgan fingerprint density at radius 3 is 1.67 bits per heavy atom. The second kappa shape index (κ2) is 20.5. The van der Waals surface area contributed by atoms with Crippen LogP contribution in [-0.2, 0) is 31.7 Å². The molecular formula is C48H60Cl2SiZr. The van der Waals surface area contributed by atoms with Gasteiger partial charge in [-0.1, -0.05) is 166 Å². The first-order chi connectivity index (χ1) is 24.6. The van der Waals surface area contributed by atoms with Crippen LogP contribution < -0.4 is 0 Å². The van der Waals surface area contributed by atoms with Gasteiger partial charge in [0.25, 0.3) is 0 Å². The Balaban J connectivity index is 0.000000246. The summed E-state index contributed by atoms with van der Waals surface area (Å²) in [7, 11) is 11.0. The number of aryl methyl sites for hydroxylation is 2. The van der Waals surface area contributed by atoms with Gasteiger partial charge in [0, 0.05) is 9.52 Å². The van der Waals surface area contributed by atoms with E-state index in [9.17, 15) is 0 Å². The summed E-state index contributed by atoms with van der Waals surface area (Å²) in [6.45, 7) is 26.9. The molecule has 0 saturated carbocycles. The Labute approximate surface area is 338 Å². The van der Waals surface area contributed by atoms with Crippen molar-refractivity contribution in [3.05, 3.63) is 131 Å².